The van der Waals surface area contributed by atoms with Crippen LogP contribution < -0.4 is 11.1 Å². The van der Waals surface area contributed by atoms with Crippen LogP contribution in [-0.2, 0) is 9.53 Å². The Bertz CT molecular complexity index is 409. The van der Waals surface area contributed by atoms with Crippen molar-refractivity contribution in [1.82, 2.24) is 5.32 Å². The quantitative estimate of drug-likeness (QED) is 0.561. The number of benzene rings is 1. The molecule has 1 aromatic rings. The van der Waals surface area contributed by atoms with Crippen molar-refractivity contribution in [2.45, 2.75) is 18.8 Å². The van der Waals surface area contributed by atoms with Gasteiger partial charge in [0.2, 0.25) is 5.91 Å². The fraction of sp³-hybridized carbons (Fsp3) is 0.429. The topological polar surface area (TPSA) is 64.3 Å². The molecule has 0 spiro atoms. The molecule has 0 radical (unpaired) electrons. The zero-order valence-corrected chi connectivity index (χ0v) is 11.9. The standard InChI is InChI=1S/C14H20N2O2S/c1-18-10-6-5-9-16-14(17)12(13(15)19)11-7-3-2-4-8-11/h2-4,7-8,12H,5-6,9-10H2,1H3,(H2,15,19)(H,16,17). The van der Waals surface area contributed by atoms with Crippen LogP contribution >= 0.6 is 12.2 Å². The second-order valence-electron chi connectivity index (χ2n) is 4.24. The Kier molecular flexibility index (Phi) is 7.07. The summed E-state index contributed by atoms with van der Waals surface area (Å²) in [4.78, 5) is 12.3. The second kappa shape index (κ2) is 8.61. The van der Waals surface area contributed by atoms with Crippen molar-refractivity contribution >= 4 is 23.1 Å². The van der Waals surface area contributed by atoms with Crippen molar-refractivity contribution in [2.75, 3.05) is 20.3 Å². The van der Waals surface area contributed by atoms with E-state index in [-0.39, 0.29) is 10.9 Å². The molecular formula is C14H20N2O2S. The summed E-state index contributed by atoms with van der Waals surface area (Å²) in [6.07, 6.45) is 1.79. The lowest BCUT2D eigenvalue weighted by Crippen LogP contribution is -2.36. The predicted octanol–water partition coefficient (Wildman–Crippen LogP) is 1.60. The predicted molar refractivity (Wildman–Crippen MR) is 80.1 cm³/mol. The number of amides is 1. The summed E-state index contributed by atoms with van der Waals surface area (Å²) in [5.41, 5.74) is 6.50. The van der Waals surface area contributed by atoms with E-state index in [1.54, 1.807) is 7.11 Å². The normalized spacial score (nSPS) is 11.8. The molecule has 1 atom stereocenters. The van der Waals surface area contributed by atoms with E-state index in [1.165, 1.54) is 0 Å². The fourth-order valence-corrected chi connectivity index (χ4v) is 2.02. The molecule has 1 unspecified atom stereocenters. The summed E-state index contributed by atoms with van der Waals surface area (Å²) in [5.74, 6) is -0.699. The Morgan fingerprint density at radius 2 is 2.05 bits per heavy atom. The number of hydrogen-bond acceptors (Lipinski definition) is 3. The van der Waals surface area contributed by atoms with Gasteiger partial charge in [-0.1, -0.05) is 42.5 Å². The monoisotopic (exact) mass is 280 g/mol. The molecule has 19 heavy (non-hydrogen) atoms. The largest absolute Gasteiger partial charge is 0.392 e. The Balaban J connectivity index is 2.53. The second-order valence-corrected chi connectivity index (χ2v) is 4.71. The summed E-state index contributed by atoms with van der Waals surface area (Å²) in [6.45, 7) is 1.31. The highest BCUT2D eigenvalue weighted by atomic mass is 32.1. The number of nitrogens with two attached hydrogens (primary N) is 1. The van der Waals surface area contributed by atoms with Gasteiger partial charge in [-0.15, -0.1) is 0 Å². The zero-order chi connectivity index (χ0) is 14.1. The molecule has 3 N–H and O–H groups in total. The van der Waals surface area contributed by atoms with E-state index in [0.29, 0.717) is 13.2 Å². The van der Waals surface area contributed by atoms with Crippen molar-refractivity contribution in [3.63, 3.8) is 0 Å². The smallest absolute Gasteiger partial charge is 0.234 e. The van der Waals surface area contributed by atoms with Crippen LogP contribution in [0, 0.1) is 0 Å². The van der Waals surface area contributed by atoms with Gasteiger partial charge in [-0.05, 0) is 18.4 Å². The Morgan fingerprint density at radius 3 is 2.63 bits per heavy atom. The third-order valence-corrected chi connectivity index (χ3v) is 2.99. The summed E-state index contributed by atoms with van der Waals surface area (Å²) in [6, 6.07) is 9.34. The number of rotatable bonds is 8. The first kappa shape index (κ1) is 15.6. The molecule has 0 aliphatic rings. The molecule has 0 saturated heterocycles. The maximum Gasteiger partial charge on any atom is 0.234 e. The van der Waals surface area contributed by atoms with Gasteiger partial charge >= 0.3 is 0 Å². The van der Waals surface area contributed by atoms with E-state index in [4.69, 9.17) is 22.7 Å². The average Bonchev–Trinajstić information content (AvgIpc) is 2.39. The van der Waals surface area contributed by atoms with Gasteiger partial charge in [0.05, 0.1) is 4.99 Å². The van der Waals surface area contributed by atoms with E-state index in [2.05, 4.69) is 5.32 Å². The highest BCUT2D eigenvalue weighted by molar-refractivity contribution is 7.80. The van der Waals surface area contributed by atoms with Crippen LogP contribution in [0.1, 0.15) is 24.3 Å². The minimum atomic E-state index is -0.557. The van der Waals surface area contributed by atoms with Crippen LogP contribution in [-0.4, -0.2) is 31.2 Å². The van der Waals surface area contributed by atoms with Crippen LogP contribution in [0.4, 0.5) is 0 Å². The lowest BCUT2D eigenvalue weighted by Gasteiger charge is -2.15. The minimum Gasteiger partial charge on any atom is -0.392 e. The van der Waals surface area contributed by atoms with E-state index in [9.17, 15) is 4.79 Å². The van der Waals surface area contributed by atoms with Gasteiger partial charge in [-0.3, -0.25) is 4.79 Å². The lowest BCUT2D eigenvalue weighted by atomic mass is 9.98. The molecule has 1 amide bonds. The van der Waals surface area contributed by atoms with Gasteiger partial charge in [0.25, 0.3) is 0 Å². The summed E-state index contributed by atoms with van der Waals surface area (Å²) < 4.78 is 4.95. The zero-order valence-electron chi connectivity index (χ0n) is 11.1. The third kappa shape index (κ3) is 5.36. The SMILES string of the molecule is COCCCCNC(=O)C(C(N)=S)c1ccccc1. The highest BCUT2D eigenvalue weighted by Gasteiger charge is 2.22. The average molecular weight is 280 g/mol. The van der Waals surface area contributed by atoms with Gasteiger partial charge in [-0.25, -0.2) is 0 Å². The first-order valence-corrected chi connectivity index (χ1v) is 6.68. The number of ether oxygens (including phenoxy) is 1. The first-order valence-electron chi connectivity index (χ1n) is 6.27. The van der Waals surface area contributed by atoms with E-state index >= 15 is 0 Å². The number of carbonyl (C=O) groups is 1. The molecule has 0 aliphatic carbocycles. The number of hydrogen-bond donors (Lipinski definition) is 2. The Morgan fingerprint density at radius 1 is 1.37 bits per heavy atom. The highest BCUT2D eigenvalue weighted by Crippen LogP contribution is 2.16. The van der Waals surface area contributed by atoms with Gasteiger partial charge in [0.15, 0.2) is 0 Å². The summed E-state index contributed by atoms with van der Waals surface area (Å²) >= 11 is 4.99. The Hall–Kier alpha value is -1.46. The van der Waals surface area contributed by atoms with Crippen LogP contribution in [0.2, 0.25) is 0 Å². The Labute approximate surface area is 119 Å². The van der Waals surface area contributed by atoms with E-state index in [1.807, 2.05) is 30.3 Å². The molecular weight excluding hydrogens is 260 g/mol. The molecule has 0 aromatic heterocycles. The van der Waals surface area contributed by atoms with Crippen LogP contribution in [0.25, 0.3) is 0 Å². The number of unbranched alkanes of at least 4 members (excludes halogenated alkanes) is 1. The maximum atomic E-state index is 12.1. The van der Waals surface area contributed by atoms with E-state index in [0.717, 1.165) is 18.4 Å². The van der Waals surface area contributed by atoms with Crippen LogP contribution in [0.3, 0.4) is 0 Å². The first-order chi connectivity index (χ1) is 9.16. The number of thiocarbonyl (C=S) groups is 1. The number of carbonyl (C=O) groups excluding carboxylic acids is 1. The van der Waals surface area contributed by atoms with Crippen LogP contribution in [0.15, 0.2) is 30.3 Å². The molecule has 0 fully saturated rings. The molecule has 104 valence electrons. The molecule has 0 aliphatic heterocycles. The minimum absolute atomic E-state index is 0.142. The van der Waals surface area contributed by atoms with Crippen molar-refractivity contribution in [3.05, 3.63) is 35.9 Å². The number of nitrogens with one attached hydrogen (secondary N) is 1. The van der Waals surface area contributed by atoms with Crippen molar-refractivity contribution in [1.29, 1.82) is 0 Å². The fourth-order valence-electron chi connectivity index (χ4n) is 1.78. The number of methoxy groups -OCH3 is 1. The molecule has 1 aromatic carbocycles. The maximum absolute atomic E-state index is 12.1. The van der Waals surface area contributed by atoms with Gasteiger partial charge in [0.1, 0.15) is 5.92 Å². The lowest BCUT2D eigenvalue weighted by molar-refractivity contribution is -0.121. The third-order valence-electron chi connectivity index (χ3n) is 2.75. The van der Waals surface area contributed by atoms with Crippen molar-refractivity contribution in [2.24, 2.45) is 5.73 Å². The molecule has 0 bridgehead atoms. The van der Waals surface area contributed by atoms with Crippen molar-refractivity contribution < 1.29 is 9.53 Å². The molecule has 4 nitrogen and oxygen atoms in total. The van der Waals surface area contributed by atoms with Crippen LogP contribution in [0.5, 0.6) is 0 Å². The van der Waals surface area contributed by atoms with Gasteiger partial charge in [-0.2, -0.15) is 0 Å². The van der Waals surface area contributed by atoms with E-state index < -0.39 is 5.92 Å². The van der Waals surface area contributed by atoms with Gasteiger partial charge < -0.3 is 15.8 Å². The van der Waals surface area contributed by atoms with Gasteiger partial charge in [0, 0.05) is 20.3 Å². The summed E-state index contributed by atoms with van der Waals surface area (Å²) in [7, 11) is 1.66. The molecule has 5 heteroatoms. The summed E-state index contributed by atoms with van der Waals surface area (Å²) in [5, 5.41) is 2.86. The molecule has 0 saturated carbocycles. The molecule has 1 rings (SSSR count). The van der Waals surface area contributed by atoms with Crippen molar-refractivity contribution in [3.8, 4) is 0 Å². The molecule has 0 heterocycles.